The first kappa shape index (κ1) is 13.4. The van der Waals surface area contributed by atoms with Crippen molar-refractivity contribution >= 4 is 0 Å². The van der Waals surface area contributed by atoms with Gasteiger partial charge >= 0.3 is 0 Å². The smallest absolute Gasteiger partial charge is 0.127 e. The molecule has 100 valence electrons. The summed E-state index contributed by atoms with van der Waals surface area (Å²) in [6, 6.07) is 4.69. The van der Waals surface area contributed by atoms with E-state index in [0.717, 1.165) is 12.6 Å². The highest BCUT2D eigenvalue weighted by molar-refractivity contribution is 5.18. The highest BCUT2D eigenvalue weighted by atomic mass is 19.1. The van der Waals surface area contributed by atoms with Gasteiger partial charge in [-0.2, -0.15) is 0 Å². The molecule has 4 heteroatoms. The molecule has 0 bridgehead atoms. The van der Waals surface area contributed by atoms with Crippen molar-refractivity contribution in [1.29, 1.82) is 0 Å². The SMILES string of the molecule is CC(CNCc1cc(F)ccc1F)N(C)C1CC1. The number of hydrogen-bond donors (Lipinski definition) is 1. The minimum Gasteiger partial charge on any atom is -0.311 e. The number of benzene rings is 1. The molecule has 2 nitrogen and oxygen atoms in total. The van der Waals surface area contributed by atoms with Gasteiger partial charge in [-0.1, -0.05) is 0 Å². The van der Waals surface area contributed by atoms with Crippen molar-refractivity contribution < 1.29 is 8.78 Å². The second-order valence-electron chi connectivity index (χ2n) is 5.11. The number of likely N-dealkylation sites (N-methyl/N-ethyl adjacent to an activating group) is 1. The van der Waals surface area contributed by atoms with Gasteiger partial charge in [0.2, 0.25) is 0 Å². The van der Waals surface area contributed by atoms with Crippen LogP contribution in [0.5, 0.6) is 0 Å². The first-order valence-corrected chi connectivity index (χ1v) is 6.44. The van der Waals surface area contributed by atoms with Gasteiger partial charge in [0.05, 0.1) is 0 Å². The van der Waals surface area contributed by atoms with E-state index in [2.05, 4.69) is 24.2 Å². The number of hydrogen-bond acceptors (Lipinski definition) is 2. The molecule has 1 aliphatic rings. The van der Waals surface area contributed by atoms with Crippen LogP contribution in [0.4, 0.5) is 8.78 Å². The zero-order valence-corrected chi connectivity index (χ0v) is 10.9. The minimum atomic E-state index is -0.392. The van der Waals surface area contributed by atoms with Crippen LogP contribution in [0.1, 0.15) is 25.3 Å². The summed E-state index contributed by atoms with van der Waals surface area (Å²) in [4.78, 5) is 2.34. The van der Waals surface area contributed by atoms with E-state index in [4.69, 9.17) is 0 Å². The average molecular weight is 254 g/mol. The summed E-state index contributed by atoms with van der Waals surface area (Å²) in [7, 11) is 2.12. The molecule has 1 unspecified atom stereocenters. The molecule has 0 aromatic heterocycles. The molecule has 0 heterocycles. The van der Waals surface area contributed by atoms with Crippen molar-refractivity contribution in [2.24, 2.45) is 0 Å². The number of rotatable bonds is 6. The molecule has 2 rings (SSSR count). The molecule has 1 N–H and O–H groups in total. The topological polar surface area (TPSA) is 15.3 Å². The van der Waals surface area contributed by atoms with E-state index in [0.29, 0.717) is 24.2 Å². The third-order valence-corrected chi connectivity index (χ3v) is 3.58. The first-order chi connectivity index (χ1) is 8.58. The molecule has 1 aliphatic carbocycles. The largest absolute Gasteiger partial charge is 0.311 e. The third kappa shape index (κ3) is 3.50. The number of nitrogens with zero attached hydrogens (tertiary/aromatic N) is 1. The molecule has 18 heavy (non-hydrogen) atoms. The van der Waals surface area contributed by atoms with E-state index in [-0.39, 0.29) is 5.82 Å². The summed E-state index contributed by atoms with van der Waals surface area (Å²) in [6.07, 6.45) is 2.55. The van der Waals surface area contributed by atoms with Crippen LogP contribution in [0.2, 0.25) is 0 Å². The maximum absolute atomic E-state index is 13.4. The van der Waals surface area contributed by atoms with Gasteiger partial charge in [-0.15, -0.1) is 0 Å². The van der Waals surface area contributed by atoms with Gasteiger partial charge < -0.3 is 5.32 Å². The second-order valence-corrected chi connectivity index (χ2v) is 5.11. The Morgan fingerprint density at radius 1 is 1.39 bits per heavy atom. The van der Waals surface area contributed by atoms with Crippen LogP contribution in [0.15, 0.2) is 18.2 Å². The van der Waals surface area contributed by atoms with E-state index >= 15 is 0 Å². The van der Waals surface area contributed by atoms with Gasteiger partial charge in [-0.3, -0.25) is 4.90 Å². The summed E-state index contributed by atoms with van der Waals surface area (Å²) >= 11 is 0. The Morgan fingerprint density at radius 3 is 2.78 bits per heavy atom. The van der Waals surface area contributed by atoms with Gasteiger partial charge in [0, 0.05) is 30.7 Å². The number of halogens is 2. The van der Waals surface area contributed by atoms with Crippen molar-refractivity contribution in [1.82, 2.24) is 10.2 Å². The molecule has 1 aromatic rings. The van der Waals surface area contributed by atoms with E-state index in [1.54, 1.807) is 0 Å². The maximum atomic E-state index is 13.4. The van der Waals surface area contributed by atoms with Crippen molar-refractivity contribution in [3.63, 3.8) is 0 Å². The number of nitrogens with one attached hydrogen (secondary N) is 1. The Labute approximate surface area is 107 Å². The molecule has 1 fully saturated rings. The molecule has 0 radical (unpaired) electrons. The Hall–Kier alpha value is -1.00. The molecular weight excluding hydrogens is 234 g/mol. The van der Waals surface area contributed by atoms with E-state index < -0.39 is 5.82 Å². The van der Waals surface area contributed by atoms with Gasteiger partial charge in [0.25, 0.3) is 0 Å². The highest BCUT2D eigenvalue weighted by Gasteiger charge is 2.28. The lowest BCUT2D eigenvalue weighted by Crippen LogP contribution is -2.39. The Morgan fingerprint density at radius 2 is 2.11 bits per heavy atom. The van der Waals surface area contributed by atoms with Crippen LogP contribution in [0.25, 0.3) is 0 Å². The second kappa shape index (κ2) is 5.76. The zero-order chi connectivity index (χ0) is 13.1. The van der Waals surface area contributed by atoms with Gasteiger partial charge in [-0.25, -0.2) is 8.78 Å². The Bertz CT molecular complexity index is 405. The van der Waals surface area contributed by atoms with Crippen molar-refractivity contribution in [3.05, 3.63) is 35.4 Å². The van der Waals surface area contributed by atoms with Crippen LogP contribution in [-0.2, 0) is 6.54 Å². The van der Waals surface area contributed by atoms with Gasteiger partial charge in [0.15, 0.2) is 0 Å². The summed E-state index contributed by atoms with van der Waals surface area (Å²) < 4.78 is 26.3. The van der Waals surface area contributed by atoms with Crippen LogP contribution < -0.4 is 5.32 Å². The Balaban J connectivity index is 1.78. The molecule has 1 saturated carbocycles. The highest BCUT2D eigenvalue weighted by Crippen LogP contribution is 2.26. The van der Waals surface area contributed by atoms with Crippen molar-refractivity contribution in [2.75, 3.05) is 13.6 Å². The molecule has 0 aliphatic heterocycles. The van der Waals surface area contributed by atoms with E-state index in [1.807, 2.05) is 0 Å². The standard InChI is InChI=1S/C14H20F2N2/c1-10(18(2)13-4-5-13)8-17-9-11-7-12(15)3-6-14(11)16/h3,6-7,10,13,17H,4-5,8-9H2,1-2H3. The average Bonchev–Trinajstić information content (AvgIpc) is 3.16. The van der Waals surface area contributed by atoms with Crippen LogP contribution in [0.3, 0.4) is 0 Å². The van der Waals surface area contributed by atoms with Crippen molar-refractivity contribution in [2.45, 2.75) is 38.4 Å². The maximum Gasteiger partial charge on any atom is 0.127 e. The molecule has 1 atom stereocenters. The minimum absolute atomic E-state index is 0.355. The van der Waals surface area contributed by atoms with Crippen molar-refractivity contribution in [3.8, 4) is 0 Å². The quantitative estimate of drug-likeness (QED) is 0.839. The Kier molecular flexibility index (Phi) is 4.30. The summed E-state index contributed by atoms with van der Waals surface area (Å²) in [5.74, 6) is -0.747. The predicted molar refractivity (Wildman–Crippen MR) is 68.3 cm³/mol. The first-order valence-electron chi connectivity index (χ1n) is 6.44. The fourth-order valence-corrected chi connectivity index (χ4v) is 2.08. The van der Waals surface area contributed by atoms with Crippen LogP contribution in [-0.4, -0.2) is 30.6 Å². The lowest BCUT2D eigenvalue weighted by Gasteiger charge is -2.24. The molecule has 0 amide bonds. The fourth-order valence-electron chi connectivity index (χ4n) is 2.08. The zero-order valence-electron chi connectivity index (χ0n) is 10.9. The lowest BCUT2D eigenvalue weighted by atomic mass is 10.2. The fraction of sp³-hybridized carbons (Fsp3) is 0.571. The summed E-state index contributed by atoms with van der Waals surface area (Å²) in [5.41, 5.74) is 0.385. The molecule has 1 aromatic carbocycles. The lowest BCUT2D eigenvalue weighted by molar-refractivity contribution is 0.240. The molecular formula is C14H20F2N2. The van der Waals surface area contributed by atoms with Gasteiger partial charge in [-0.05, 0) is 45.0 Å². The van der Waals surface area contributed by atoms with Crippen LogP contribution in [0, 0.1) is 11.6 Å². The normalized spacial score (nSPS) is 17.2. The summed E-state index contributed by atoms with van der Waals surface area (Å²) in [6.45, 7) is 3.29. The van der Waals surface area contributed by atoms with Crippen LogP contribution >= 0.6 is 0 Å². The van der Waals surface area contributed by atoms with E-state index in [1.165, 1.54) is 25.0 Å². The monoisotopic (exact) mass is 254 g/mol. The summed E-state index contributed by atoms with van der Waals surface area (Å²) in [5, 5.41) is 3.18. The molecule has 0 spiro atoms. The van der Waals surface area contributed by atoms with E-state index in [9.17, 15) is 8.78 Å². The van der Waals surface area contributed by atoms with Gasteiger partial charge in [0.1, 0.15) is 11.6 Å². The third-order valence-electron chi connectivity index (χ3n) is 3.58. The molecule has 0 saturated heterocycles. The predicted octanol–water partition coefficient (Wildman–Crippen LogP) is 2.54.